The Balaban J connectivity index is 2.81. The molecular formula is C3H5BrNO. The summed E-state index contributed by atoms with van der Waals surface area (Å²) in [7, 11) is 0. The highest BCUT2D eigenvalue weighted by Crippen LogP contribution is 1.86. The molecule has 0 fully saturated rings. The minimum atomic E-state index is 0.0370. The fourth-order valence-corrected chi connectivity index (χ4v) is 0.175. The fraction of sp³-hybridized carbons (Fsp3) is 0.667. The molecule has 1 unspecified atom stereocenters. The molecule has 35 valence electrons. The Kier molecular flexibility index (Phi) is 3.13. The summed E-state index contributed by atoms with van der Waals surface area (Å²) in [6.45, 7) is 1.80. The first-order chi connectivity index (χ1) is 2.77. The molecule has 0 aromatic heterocycles. The van der Waals surface area contributed by atoms with Crippen LogP contribution in [-0.2, 0) is 4.79 Å². The molecule has 1 radical (unpaired) electrons. The Morgan fingerprint density at radius 2 is 2.50 bits per heavy atom. The van der Waals surface area contributed by atoms with Gasteiger partial charge in [0.1, 0.15) is 0 Å². The number of carbonyl (C=O) groups excluding carboxylic acids is 1. The number of hydrogen-bond donors (Lipinski definition) is 1. The minimum Gasteiger partial charge on any atom is -0.336 e. The topological polar surface area (TPSA) is 29.1 Å². The minimum absolute atomic E-state index is 0.0370. The summed E-state index contributed by atoms with van der Waals surface area (Å²) >= 11 is 3.06. The van der Waals surface area contributed by atoms with E-state index in [9.17, 15) is 4.79 Å². The molecule has 0 aromatic rings. The second-order valence-electron chi connectivity index (χ2n) is 0.862. The Bertz CT molecular complexity index is 46.1. The van der Waals surface area contributed by atoms with Gasteiger partial charge in [-0.3, -0.25) is 4.79 Å². The van der Waals surface area contributed by atoms with Crippen LogP contribution in [0.1, 0.15) is 6.92 Å². The van der Waals surface area contributed by atoms with Gasteiger partial charge in [0.25, 0.3) is 0 Å². The van der Waals surface area contributed by atoms with Gasteiger partial charge in [0.05, 0.1) is 4.95 Å². The first-order valence-electron chi connectivity index (χ1n) is 1.54. The van der Waals surface area contributed by atoms with E-state index >= 15 is 0 Å². The molecule has 0 aliphatic heterocycles. The van der Waals surface area contributed by atoms with E-state index in [0.717, 1.165) is 0 Å². The van der Waals surface area contributed by atoms with Crippen molar-refractivity contribution in [2.24, 2.45) is 0 Å². The van der Waals surface area contributed by atoms with Crippen molar-refractivity contribution >= 4 is 22.3 Å². The molecule has 6 heavy (non-hydrogen) atoms. The number of halogens is 1. The Labute approximate surface area is 45.0 Å². The van der Waals surface area contributed by atoms with Gasteiger partial charge < -0.3 is 5.32 Å². The van der Waals surface area contributed by atoms with Crippen LogP contribution in [0.2, 0.25) is 0 Å². The molecule has 1 atom stereocenters. The normalized spacial score (nSPS) is 13.0. The van der Waals surface area contributed by atoms with Crippen molar-refractivity contribution in [1.82, 2.24) is 5.32 Å². The second-order valence-corrected chi connectivity index (χ2v) is 2.24. The van der Waals surface area contributed by atoms with Gasteiger partial charge in [0.15, 0.2) is 0 Å². The molecule has 0 saturated carbocycles. The van der Waals surface area contributed by atoms with Crippen molar-refractivity contribution in [1.29, 1.82) is 0 Å². The number of rotatable bonds is 2. The first kappa shape index (κ1) is 5.95. The average molecular weight is 151 g/mol. The molecule has 1 amide bonds. The van der Waals surface area contributed by atoms with Crippen LogP contribution in [0.5, 0.6) is 0 Å². The van der Waals surface area contributed by atoms with Crippen LogP contribution < -0.4 is 5.32 Å². The maximum absolute atomic E-state index is 9.35. The molecule has 0 spiro atoms. The van der Waals surface area contributed by atoms with Crippen LogP contribution in [0.15, 0.2) is 0 Å². The van der Waals surface area contributed by atoms with E-state index < -0.39 is 0 Å². The highest BCUT2D eigenvalue weighted by Gasteiger charge is 1.85. The highest BCUT2D eigenvalue weighted by atomic mass is 79.9. The van der Waals surface area contributed by atoms with Crippen molar-refractivity contribution < 1.29 is 4.79 Å². The summed E-state index contributed by atoms with van der Waals surface area (Å²) in [4.78, 5) is 9.39. The van der Waals surface area contributed by atoms with Crippen LogP contribution in [0, 0.1) is 0 Å². The van der Waals surface area contributed by atoms with Gasteiger partial charge in [0, 0.05) is 0 Å². The molecule has 0 saturated heterocycles. The Morgan fingerprint density at radius 3 is 2.50 bits per heavy atom. The largest absolute Gasteiger partial charge is 0.336 e. The van der Waals surface area contributed by atoms with Crippen LogP contribution >= 0.6 is 15.9 Å². The van der Waals surface area contributed by atoms with Crippen molar-refractivity contribution in [3.63, 3.8) is 0 Å². The summed E-state index contributed by atoms with van der Waals surface area (Å²) in [5, 5.41) is 2.32. The van der Waals surface area contributed by atoms with Crippen molar-refractivity contribution in [2.45, 2.75) is 11.9 Å². The number of nitrogens with one attached hydrogen (secondary N) is 1. The van der Waals surface area contributed by atoms with Gasteiger partial charge in [-0.15, -0.1) is 0 Å². The lowest BCUT2D eigenvalue weighted by Gasteiger charge is -1.92. The lowest BCUT2D eigenvalue weighted by atomic mass is 10.8. The third-order valence-electron chi connectivity index (χ3n) is 0.258. The van der Waals surface area contributed by atoms with Crippen LogP contribution in [0.3, 0.4) is 0 Å². The van der Waals surface area contributed by atoms with Crippen LogP contribution in [0.4, 0.5) is 0 Å². The number of alkyl halides is 1. The van der Waals surface area contributed by atoms with Crippen LogP contribution in [0.25, 0.3) is 0 Å². The summed E-state index contributed by atoms with van der Waals surface area (Å²) in [5.74, 6) is 0. The zero-order valence-electron chi connectivity index (χ0n) is 3.36. The van der Waals surface area contributed by atoms with Crippen molar-refractivity contribution in [3.8, 4) is 0 Å². The smallest absolute Gasteiger partial charge is 0.310 e. The van der Waals surface area contributed by atoms with Gasteiger partial charge in [-0.05, 0) is 6.92 Å². The van der Waals surface area contributed by atoms with Crippen molar-refractivity contribution in [3.05, 3.63) is 0 Å². The molecule has 0 bridgehead atoms. The van der Waals surface area contributed by atoms with E-state index in [1.807, 2.05) is 0 Å². The molecule has 0 aromatic carbocycles. The number of hydrogen-bond acceptors (Lipinski definition) is 1. The lowest BCUT2D eigenvalue weighted by Crippen LogP contribution is -2.16. The summed E-state index contributed by atoms with van der Waals surface area (Å²) in [5.41, 5.74) is 0. The zero-order valence-corrected chi connectivity index (χ0v) is 4.95. The average Bonchev–Trinajstić information content (AvgIpc) is 1.35. The van der Waals surface area contributed by atoms with Gasteiger partial charge >= 0.3 is 6.41 Å². The third kappa shape index (κ3) is 3.95. The summed E-state index contributed by atoms with van der Waals surface area (Å²) < 4.78 is 0. The van der Waals surface area contributed by atoms with Crippen LogP contribution in [-0.4, -0.2) is 11.4 Å². The molecule has 1 N–H and O–H groups in total. The lowest BCUT2D eigenvalue weighted by molar-refractivity contribution is 0.542. The fourth-order valence-electron chi connectivity index (χ4n) is 0.0812. The molecule has 0 aliphatic rings. The summed E-state index contributed by atoms with van der Waals surface area (Å²) in [6.07, 6.45) is 1.52. The quantitative estimate of drug-likeness (QED) is 0.345. The predicted octanol–water partition coefficient (Wildman–Crippen LogP) is 0.384. The SMILES string of the molecule is CC(Br)N[C]=O. The molecule has 3 heteroatoms. The van der Waals surface area contributed by atoms with Gasteiger partial charge in [-0.2, -0.15) is 0 Å². The predicted molar refractivity (Wildman–Crippen MR) is 27.2 cm³/mol. The maximum atomic E-state index is 9.35. The Morgan fingerprint density at radius 1 is 2.00 bits per heavy atom. The number of amides is 1. The van der Waals surface area contributed by atoms with E-state index in [0.29, 0.717) is 0 Å². The summed E-state index contributed by atoms with van der Waals surface area (Å²) in [6, 6.07) is 0. The molecule has 0 heterocycles. The van der Waals surface area contributed by atoms with Crippen molar-refractivity contribution in [2.75, 3.05) is 0 Å². The molecular weight excluding hydrogens is 146 g/mol. The van der Waals surface area contributed by atoms with E-state index in [2.05, 4.69) is 21.2 Å². The monoisotopic (exact) mass is 150 g/mol. The van der Waals surface area contributed by atoms with Gasteiger partial charge in [-0.1, -0.05) is 15.9 Å². The van der Waals surface area contributed by atoms with Gasteiger partial charge in [-0.25, -0.2) is 0 Å². The molecule has 2 nitrogen and oxygen atoms in total. The zero-order chi connectivity index (χ0) is 4.99. The Hall–Kier alpha value is -0.0500. The first-order valence-corrected chi connectivity index (χ1v) is 2.45. The molecule has 0 aliphatic carbocycles. The van der Waals surface area contributed by atoms with E-state index in [-0.39, 0.29) is 4.95 Å². The van der Waals surface area contributed by atoms with Gasteiger partial charge in [0.2, 0.25) is 0 Å². The maximum Gasteiger partial charge on any atom is 0.310 e. The second kappa shape index (κ2) is 3.15. The van der Waals surface area contributed by atoms with E-state index in [1.165, 1.54) is 6.41 Å². The van der Waals surface area contributed by atoms with E-state index in [4.69, 9.17) is 0 Å². The third-order valence-corrected chi connectivity index (χ3v) is 0.487. The van der Waals surface area contributed by atoms with E-state index in [1.54, 1.807) is 6.92 Å². The standard InChI is InChI=1S/C3H5BrNO/c1-3(4)5-2-6/h3H,1H3,(H,5,6). The highest BCUT2D eigenvalue weighted by molar-refractivity contribution is 9.09. The molecule has 0 rings (SSSR count).